The van der Waals surface area contributed by atoms with Crippen LogP contribution < -0.4 is 0 Å². The topological polar surface area (TPSA) is 46.1 Å². The summed E-state index contributed by atoms with van der Waals surface area (Å²) in [7, 11) is 0. The second kappa shape index (κ2) is 8.65. The Morgan fingerprint density at radius 2 is 1.55 bits per heavy atom. The van der Waals surface area contributed by atoms with Crippen molar-refractivity contribution < 1.29 is 4.79 Å². The van der Waals surface area contributed by atoms with Crippen molar-refractivity contribution in [2.45, 2.75) is 26.4 Å². The van der Waals surface area contributed by atoms with E-state index in [2.05, 4.69) is 41.2 Å². The molecule has 29 heavy (non-hydrogen) atoms. The van der Waals surface area contributed by atoms with E-state index in [0.717, 1.165) is 28.5 Å². The summed E-state index contributed by atoms with van der Waals surface area (Å²) in [5.41, 5.74) is 4.75. The fourth-order valence-electron chi connectivity index (χ4n) is 3.46. The Morgan fingerprint density at radius 3 is 2.31 bits per heavy atom. The molecular formula is C25H23N3O. The van der Waals surface area contributed by atoms with Gasteiger partial charge in [-0.1, -0.05) is 55.5 Å². The fraction of sp³-hybridized carbons (Fsp3) is 0.160. The Morgan fingerprint density at radius 1 is 0.828 bits per heavy atom. The molecule has 0 aliphatic heterocycles. The van der Waals surface area contributed by atoms with Crippen molar-refractivity contribution in [1.82, 2.24) is 14.9 Å². The van der Waals surface area contributed by atoms with Crippen LogP contribution in [0, 0.1) is 0 Å². The quantitative estimate of drug-likeness (QED) is 0.470. The number of amides is 1. The molecule has 0 saturated carbocycles. The second-order valence-electron chi connectivity index (χ2n) is 7.07. The first-order chi connectivity index (χ1) is 14.2. The molecule has 0 unspecified atom stereocenters. The normalized spacial score (nSPS) is 10.8. The van der Waals surface area contributed by atoms with Gasteiger partial charge in [-0.05, 0) is 41.3 Å². The zero-order chi connectivity index (χ0) is 20.1. The molecule has 0 atom stereocenters. The number of rotatable bonds is 6. The molecule has 4 rings (SSSR count). The third-order valence-corrected chi connectivity index (χ3v) is 5.05. The molecule has 4 nitrogen and oxygen atoms in total. The zero-order valence-corrected chi connectivity index (χ0v) is 16.5. The highest BCUT2D eigenvalue weighted by molar-refractivity contribution is 6.05. The average molecular weight is 381 g/mol. The van der Waals surface area contributed by atoms with Gasteiger partial charge in [0.15, 0.2) is 0 Å². The lowest BCUT2D eigenvalue weighted by Crippen LogP contribution is -2.30. The van der Waals surface area contributed by atoms with Gasteiger partial charge in [-0.3, -0.25) is 14.8 Å². The predicted octanol–water partition coefficient (Wildman–Crippen LogP) is 5.03. The van der Waals surface area contributed by atoms with Crippen LogP contribution in [0.1, 0.15) is 34.0 Å². The molecule has 0 fully saturated rings. The van der Waals surface area contributed by atoms with Crippen molar-refractivity contribution in [3.05, 3.63) is 108 Å². The smallest absolute Gasteiger partial charge is 0.256 e. The zero-order valence-electron chi connectivity index (χ0n) is 16.5. The minimum atomic E-state index is -0.0299. The summed E-state index contributed by atoms with van der Waals surface area (Å²) < 4.78 is 0. The lowest BCUT2D eigenvalue weighted by Gasteiger charge is -2.23. The van der Waals surface area contributed by atoms with Gasteiger partial charge >= 0.3 is 0 Å². The predicted molar refractivity (Wildman–Crippen MR) is 115 cm³/mol. The van der Waals surface area contributed by atoms with E-state index in [1.165, 1.54) is 5.56 Å². The molecule has 0 aliphatic rings. The third kappa shape index (κ3) is 4.32. The fourth-order valence-corrected chi connectivity index (χ4v) is 3.46. The maximum Gasteiger partial charge on any atom is 0.256 e. The van der Waals surface area contributed by atoms with E-state index < -0.39 is 0 Å². The maximum absolute atomic E-state index is 13.6. The number of para-hydroxylation sites is 1. The largest absolute Gasteiger partial charge is 0.330 e. The van der Waals surface area contributed by atoms with Crippen molar-refractivity contribution in [3.8, 4) is 0 Å². The summed E-state index contributed by atoms with van der Waals surface area (Å²) in [6, 6.07) is 22.0. The van der Waals surface area contributed by atoms with E-state index in [0.29, 0.717) is 18.7 Å². The SMILES string of the molecule is CCc1ccc(CN(Cc2cccnc2)C(=O)c2cccc3cccnc23)cc1. The molecule has 0 saturated heterocycles. The Labute approximate surface area is 170 Å². The molecule has 0 aliphatic carbocycles. The van der Waals surface area contributed by atoms with Gasteiger partial charge in [0, 0.05) is 37.1 Å². The number of pyridine rings is 2. The first-order valence-electron chi connectivity index (χ1n) is 9.84. The van der Waals surface area contributed by atoms with Gasteiger partial charge in [-0.25, -0.2) is 0 Å². The number of hydrogen-bond donors (Lipinski definition) is 0. The van der Waals surface area contributed by atoms with Gasteiger partial charge in [0.2, 0.25) is 0 Å². The van der Waals surface area contributed by atoms with Crippen LogP contribution in [0.4, 0.5) is 0 Å². The van der Waals surface area contributed by atoms with Gasteiger partial charge in [-0.15, -0.1) is 0 Å². The van der Waals surface area contributed by atoms with Crippen LogP contribution in [-0.4, -0.2) is 20.8 Å². The lowest BCUT2D eigenvalue weighted by molar-refractivity contribution is 0.0731. The Kier molecular flexibility index (Phi) is 5.61. The highest BCUT2D eigenvalue weighted by Crippen LogP contribution is 2.20. The molecule has 0 radical (unpaired) electrons. The van der Waals surface area contributed by atoms with Crippen LogP contribution in [0.15, 0.2) is 85.3 Å². The number of aromatic nitrogens is 2. The first kappa shape index (κ1) is 18.8. The number of carbonyl (C=O) groups excluding carboxylic acids is 1. The average Bonchev–Trinajstić information content (AvgIpc) is 2.79. The molecule has 144 valence electrons. The molecule has 0 spiro atoms. The van der Waals surface area contributed by atoms with Crippen LogP contribution in [0.3, 0.4) is 0 Å². The van der Waals surface area contributed by atoms with Gasteiger partial charge in [-0.2, -0.15) is 0 Å². The van der Waals surface area contributed by atoms with Crippen LogP contribution in [0.25, 0.3) is 10.9 Å². The van der Waals surface area contributed by atoms with E-state index in [1.54, 1.807) is 12.4 Å². The number of carbonyl (C=O) groups is 1. The van der Waals surface area contributed by atoms with Crippen LogP contribution >= 0.6 is 0 Å². The Balaban J connectivity index is 1.69. The molecule has 0 N–H and O–H groups in total. The van der Waals surface area contributed by atoms with Gasteiger partial charge < -0.3 is 4.90 Å². The second-order valence-corrected chi connectivity index (χ2v) is 7.07. The number of nitrogens with zero attached hydrogens (tertiary/aromatic N) is 3. The standard InChI is InChI=1S/C25H23N3O/c1-2-19-10-12-20(13-11-19)17-28(18-21-6-4-14-26-16-21)25(29)23-9-3-7-22-8-5-15-27-24(22)23/h3-16H,2,17-18H2,1H3. The summed E-state index contributed by atoms with van der Waals surface area (Å²) in [5, 5.41) is 0.965. The summed E-state index contributed by atoms with van der Waals surface area (Å²) in [6.45, 7) is 3.16. The van der Waals surface area contributed by atoms with Crippen LogP contribution in [-0.2, 0) is 19.5 Å². The molecule has 2 aromatic carbocycles. The minimum absolute atomic E-state index is 0.0299. The van der Waals surface area contributed by atoms with Crippen molar-refractivity contribution in [1.29, 1.82) is 0 Å². The highest BCUT2D eigenvalue weighted by atomic mass is 16.2. The van der Waals surface area contributed by atoms with Crippen molar-refractivity contribution >= 4 is 16.8 Å². The molecular weight excluding hydrogens is 358 g/mol. The Bertz CT molecular complexity index is 1100. The van der Waals surface area contributed by atoms with Gasteiger partial charge in [0.1, 0.15) is 0 Å². The van der Waals surface area contributed by atoms with Gasteiger partial charge in [0.25, 0.3) is 5.91 Å². The summed E-state index contributed by atoms with van der Waals surface area (Å²) in [4.78, 5) is 24.1. The van der Waals surface area contributed by atoms with E-state index >= 15 is 0 Å². The number of aryl methyl sites for hydroxylation is 1. The van der Waals surface area contributed by atoms with E-state index in [1.807, 2.05) is 53.6 Å². The molecule has 2 heterocycles. The molecule has 2 aromatic heterocycles. The third-order valence-electron chi connectivity index (χ3n) is 5.05. The Hall–Kier alpha value is -3.53. The molecule has 1 amide bonds. The van der Waals surface area contributed by atoms with Crippen molar-refractivity contribution in [2.24, 2.45) is 0 Å². The maximum atomic E-state index is 13.6. The number of hydrogen-bond acceptors (Lipinski definition) is 3. The van der Waals surface area contributed by atoms with E-state index in [-0.39, 0.29) is 5.91 Å². The molecule has 0 bridgehead atoms. The summed E-state index contributed by atoms with van der Waals surface area (Å²) in [6.07, 6.45) is 6.28. The van der Waals surface area contributed by atoms with E-state index in [9.17, 15) is 4.79 Å². The van der Waals surface area contributed by atoms with Crippen LogP contribution in [0.5, 0.6) is 0 Å². The number of benzene rings is 2. The summed E-state index contributed by atoms with van der Waals surface area (Å²) >= 11 is 0. The minimum Gasteiger partial charge on any atom is -0.330 e. The number of fused-ring (bicyclic) bond motifs is 1. The van der Waals surface area contributed by atoms with Crippen molar-refractivity contribution in [3.63, 3.8) is 0 Å². The van der Waals surface area contributed by atoms with Gasteiger partial charge in [0.05, 0.1) is 11.1 Å². The van der Waals surface area contributed by atoms with Crippen molar-refractivity contribution in [2.75, 3.05) is 0 Å². The monoisotopic (exact) mass is 381 g/mol. The molecule has 4 heteroatoms. The van der Waals surface area contributed by atoms with Crippen LogP contribution in [0.2, 0.25) is 0 Å². The lowest BCUT2D eigenvalue weighted by atomic mass is 10.1. The first-order valence-corrected chi connectivity index (χ1v) is 9.84. The summed E-state index contributed by atoms with van der Waals surface area (Å²) in [5.74, 6) is -0.0299. The molecule has 4 aromatic rings. The van der Waals surface area contributed by atoms with E-state index in [4.69, 9.17) is 0 Å². The highest BCUT2D eigenvalue weighted by Gasteiger charge is 2.19.